The quantitative estimate of drug-likeness (QED) is 0.727. The molecule has 0 bridgehead atoms. The monoisotopic (exact) mass is 334 g/mol. The van der Waals surface area contributed by atoms with Crippen molar-refractivity contribution in [1.82, 2.24) is 4.98 Å². The molecule has 22 heavy (non-hydrogen) atoms. The fourth-order valence-electron chi connectivity index (χ4n) is 2.20. The molecule has 0 saturated carbocycles. The Morgan fingerprint density at radius 1 is 1.23 bits per heavy atom. The van der Waals surface area contributed by atoms with Crippen molar-refractivity contribution in [2.45, 2.75) is 0 Å². The van der Waals surface area contributed by atoms with Crippen LogP contribution in [0.3, 0.4) is 0 Å². The lowest BCUT2D eigenvalue weighted by Gasteiger charge is -2.08. The number of methoxy groups -OCH3 is 1. The lowest BCUT2D eigenvalue weighted by molar-refractivity contribution is 0.102. The van der Waals surface area contributed by atoms with Crippen LogP contribution in [-0.4, -0.2) is 18.0 Å². The summed E-state index contributed by atoms with van der Waals surface area (Å²) in [6.45, 7) is 0. The summed E-state index contributed by atoms with van der Waals surface area (Å²) in [7, 11) is 1.58. The average molecular weight is 335 g/mol. The van der Waals surface area contributed by atoms with E-state index in [4.69, 9.17) is 27.9 Å². The number of hydrogen-bond donors (Lipinski definition) is 2. The fourth-order valence-corrected chi connectivity index (χ4v) is 2.55. The first kappa shape index (κ1) is 14.8. The maximum atomic E-state index is 12.5. The van der Waals surface area contributed by atoms with Crippen molar-refractivity contribution in [3.63, 3.8) is 0 Å². The van der Waals surface area contributed by atoms with Crippen LogP contribution in [-0.2, 0) is 0 Å². The topological polar surface area (TPSA) is 54.1 Å². The standard InChI is InChI=1S/C16H12Cl2N2O2/c1-22-9-5-6-13-10(7-9)11(8-19-13)16(21)20-14-4-2-3-12(17)15(14)18/h2-8,19H,1H3,(H,20,21). The van der Waals surface area contributed by atoms with Crippen LogP contribution in [0.1, 0.15) is 10.4 Å². The lowest BCUT2D eigenvalue weighted by Crippen LogP contribution is -2.11. The molecule has 0 aliphatic carbocycles. The van der Waals surface area contributed by atoms with Crippen LogP contribution in [0.15, 0.2) is 42.6 Å². The Morgan fingerprint density at radius 3 is 2.82 bits per heavy atom. The third kappa shape index (κ3) is 2.63. The molecule has 2 N–H and O–H groups in total. The van der Waals surface area contributed by atoms with E-state index in [2.05, 4.69) is 10.3 Å². The van der Waals surface area contributed by atoms with Crippen LogP contribution in [0.5, 0.6) is 5.75 Å². The van der Waals surface area contributed by atoms with Gasteiger partial charge in [0.05, 0.1) is 28.4 Å². The number of rotatable bonds is 3. The molecular weight excluding hydrogens is 323 g/mol. The second-order valence-corrected chi connectivity index (χ2v) is 5.45. The van der Waals surface area contributed by atoms with Gasteiger partial charge in [-0.25, -0.2) is 0 Å². The largest absolute Gasteiger partial charge is 0.497 e. The highest BCUT2D eigenvalue weighted by Crippen LogP contribution is 2.30. The van der Waals surface area contributed by atoms with Crippen molar-refractivity contribution >= 4 is 45.7 Å². The van der Waals surface area contributed by atoms with E-state index in [1.807, 2.05) is 12.1 Å². The molecule has 1 amide bonds. The zero-order valence-corrected chi connectivity index (χ0v) is 13.1. The predicted molar refractivity (Wildman–Crippen MR) is 89.3 cm³/mol. The van der Waals surface area contributed by atoms with Gasteiger partial charge in [-0.3, -0.25) is 4.79 Å². The Labute approximate surface area is 137 Å². The Bertz CT molecular complexity index is 858. The minimum atomic E-state index is -0.274. The van der Waals surface area contributed by atoms with Gasteiger partial charge in [0.2, 0.25) is 0 Å². The molecule has 0 aliphatic heterocycles. The van der Waals surface area contributed by atoms with Crippen molar-refractivity contribution in [3.05, 3.63) is 58.2 Å². The molecule has 0 radical (unpaired) electrons. The van der Waals surface area contributed by atoms with Crippen LogP contribution in [0.4, 0.5) is 5.69 Å². The van der Waals surface area contributed by atoms with E-state index in [0.29, 0.717) is 27.0 Å². The maximum absolute atomic E-state index is 12.5. The smallest absolute Gasteiger partial charge is 0.257 e. The highest BCUT2D eigenvalue weighted by Gasteiger charge is 2.15. The van der Waals surface area contributed by atoms with Crippen LogP contribution in [0.2, 0.25) is 10.0 Å². The minimum Gasteiger partial charge on any atom is -0.497 e. The number of H-pyrrole nitrogens is 1. The number of hydrogen-bond acceptors (Lipinski definition) is 2. The van der Waals surface area contributed by atoms with Crippen molar-refractivity contribution in [2.75, 3.05) is 12.4 Å². The summed E-state index contributed by atoms with van der Waals surface area (Å²) in [6.07, 6.45) is 1.65. The number of aromatic amines is 1. The van der Waals surface area contributed by atoms with Crippen molar-refractivity contribution in [1.29, 1.82) is 0 Å². The molecule has 6 heteroatoms. The van der Waals surface area contributed by atoms with Gasteiger partial charge in [-0.1, -0.05) is 29.3 Å². The summed E-state index contributed by atoms with van der Waals surface area (Å²) < 4.78 is 5.20. The number of carbonyl (C=O) groups excluding carboxylic acids is 1. The van der Waals surface area contributed by atoms with E-state index < -0.39 is 0 Å². The first-order chi connectivity index (χ1) is 10.6. The molecule has 2 aromatic carbocycles. The van der Waals surface area contributed by atoms with Crippen LogP contribution >= 0.6 is 23.2 Å². The normalized spacial score (nSPS) is 10.7. The number of ether oxygens (including phenoxy) is 1. The second kappa shape index (κ2) is 5.91. The number of amides is 1. The van der Waals surface area contributed by atoms with Gasteiger partial charge in [0, 0.05) is 17.1 Å². The van der Waals surface area contributed by atoms with Gasteiger partial charge in [0.25, 0.3) is 5.91 Å². The van der Waals surface area contributed by atoms with E-state index in [-0.39, 0.29) is 5.91 Å². The summed E-state index contributed by atoms with van der Waals surface area (Å²) in [6, 6.07) is 10.6. The number of aromatic nitrogens is 1. The number of anilines is 1. The second-order valence-electron chi connectivity index (χ2n) is 4.67. The zero-order chi connectivity index (χ0) is 15.7. The zero-order valence-electron chi connectivity index (χ0n) is 11.6. The third-order valence-electron chi connectivity index (χ3n) is 3.33. The van der Waals surface area contributed by atoms with Gasteiger partial charge < -0.3 is 15.0 Å². The Kier molecular flexibility index (Phi) is 3.96. The van der Waals surface area contributed by atoms with Crippen molar-refractivity contribution in [3.8, 4) is 5.75 Å². The molecule has 1 aromatic heterocycles. The Morgan fingerprint density at radius 2 is 2.05 bits per heavy atom. The molecule has 0 unspecified atom stereocenters. The number of fused-ring (bicyclic) bond motifs is 1. The lowest BCUT2D eigenvalue weighted by atomic mass is 10.1. The highest BCUT2D eigenvalue weighted by molar-refractivity contribution is 6.44. The fraction of sp³-hybridized carbons (Fsp3) is 0.0625. The number of nitrogens with one attached hydrogen (secondary N) is 2. The Hall–Kier alpha value is -2.17. The van der Waals surface area contributed by atoms with Crippen molar-refractivity contribution < 1.29 is 9.53 Å². The van der Waals surface area contributed by atoms with Crippen LogP contribution in [0, 0.1) is 0 Å². The summed E-state index contributed by atoms with van der Waals surface area (Å²) in [5, 5.41) is 4.24. The summed E-state index contributed by atoms with van der Waals surface area (Å²) >= 11 is 12.0. The van der Waals surface area contributed by atoms with Gasteiger partial charge in [-0.05, 0) is 30.3 Å². The Balaban J connectivity index is 1.97. The van der Waals surface area contributed by atoms with Gasteiger partial charge >= 0.3 is 0 Å². The van der Waals surface area contributed by atoms with E-state index in [9.17, 15) is 4.79 Å². The SMILES string of the molecule is COc1ccc2[nH]cc(C(=O)Nc3cccc(Cl)c3Cl)c2c1. The molecule has 0 spiro atoms. The van der Waals surface area contributed by atoms with Gasteiger partial charge in [-0.15, -0.1) is 0 Å². The molecular formula is C16H12Cl2N2O2. The maximum Gasteiger partial charge on any atom is 0.257 e. The van der Waals surface area contributed by atoms with E-state index in [1.165, 1.54) is 0 Å². The molecule has 3 rings (SSSR count). The summed E-state index contributed by atoms with van der Waals surface area (Å²) in [5.74, 6) is 0.408. The summed E-state index contributed by atoms with van der Waals surface area (Å²) in [5.41, 5.74) is 1.82. The molecule has 3 aromatic rings. The number of benzene rings is 2. The van der Waals surface area contributed by atoms with E-state index >= 15 is 0 Å². The highest BCUT2D eigenvalue weighted by atomic mass is 35.5. The molecule has 4 nitrogen and oxygen atoms in total. The minimum absolute atomic E-state index is 0.274. The molecule has 0 atom stereocenters. The van der Waals surface area contributed by atoms with Crippen LogP contribution < -0.4 is 10.1 Å². The van der Waals surface area contributed by atoms with Crippen molar-refractivity contribution in [2.24, 2.45) is 0 Å². The molecule has 1 heterocycles. The van der Waals surface area contributed by atoms with E-state index in [0.717, 1.165) is 10.9 Å². The molecule has 0 fully saturated rings. The molecule has 0 aliphatic rings. The molecule has 0 saturated heterocycles. The first-order valence-electron chi connectivity index (χ1n) is 6.50. The average Bonchev–Trinajstić information content (AvgIpc) is 2.94. The number of halogens is 2. The number of carbonyl (C=O) groups is 1. The third-order valence-corrected chi connectivity index (χ3v) is 4.15. The van der Waals surface area contributed by atoms with E-state index in [1.54, 1.807) is 37.6 Å². The van der Waals surface area contributed by atoms with Gasteiger partial charge in [-0.2, -0.15) is 0 Å². The first-order valence-corrected chi connectivity index (χ1v) is 7.26. The predicted octanol–water partition coefficient (Wildman–Crippen LogP) is 4.74. The van der Waals surface area contributed by atoms with Crippen LogP contribution in [0.25, 0.3) is 10.9 Å². The molecule has 112 valence electrons. The summed E-state index contributed by atoms with van der Waals surface area (Å²) in [4.78, 5) is 15.5. The van der Waals surface area contributed by atoms with Gasteiger partial charge in [0.15, 0.2) is 0 Å². The van der Waals surface area contributed by atoms with Gasteiger partial charge in [0.1, 0.15) is 5.75 Å².